The first-order chi connectivity index (χ1) is 5.43. The van der Waals surface area contributed by atoms with Gasteiger partial charge in [-0.25, -0.2) is 0 Å². The van der Waals surface area contributed by atoms with Crippen LogP contribution in [0, 0.1) is 0 Å². The molecule has 0 aromatic rings. The topological polar surface area (TPSA) is 36.1 Å². The average molecular weight is 157 g/mol. The van der Waals surface area contributed by atoms with E-state index in [4.69, 9.17) is 0 Å². The van der Waals surface area contributed by atoms with Gasteiger partial charge >= 0.3 is 0 Å². The van der Waals surface area contributed by atoms with Crippen LogP contribution in [-0.4, -0.2) is 32.3 Å². The first-order valence-electron chi connectivity index (χ1n) is 4.61. The van der Waals surface area contributed by atoms with E-state index in [1.165, 1.54) is 12.8 Å². The molecule has 11 heavy (non-hydrogen) atoms. The van der Waals surface area contributed by atoms with Crippen LogP contribution in [0.3, 0.4) is 0 Å². The quantitative estimate of drug-likeness (QED) is 0.499. The van der Waals surface area contributed by atoms with Crippen molar-refractivity contribution >= 4 is 0 Å². The normalized spacial score (nSPS) is 25.4. The summed E-state index contributed by atoms with van der Waals surface area (Å²) in [5.74, 6) is 0. The van der Waals surface area contributed by atoms with E-state index < -0.39 is 0 Å². The summed E-state index contributed by atoms with van der Waals surface area (Å²) in [4.78, 5) is 0. The maximum atomic E-state index is 3.45. The summed E-state index contributed by atoms with van der Waals surface area (Å²) in [5, 5.41) is 10.2. The zero-order valence-corrected chi connectivity index (χ0v) is 7.32. The maximum absolute atomic E-state index is 3.45. The molecule has 1 saturated heterocycles. The van der Waals surface area contributed by atoms with Crippen molar-refractivity contribution in [2.24, 2.45) is 0 Å². The molecule has 0 spiro atoms. The molecule has 66 valence electrons. The Hall–Kier alpha value is -0.120. The van der Waals surface area contributed by atoms with Crippen molar-refractivity contribution in [1.82, 2.24) is 16.0 Å². The summed E-state index contributed by atoms with van der Waals surface area (Å²) < 4.78 is 0. The van der Waals surface area contributed by atoms with Gasteiger partial charge in [0.2, 0.25) is 0 Å². The van der Waals surface area contributed by atoms with Gasteiger partial charge in [-0.15, -0.1) is 0 Å². The Morgan fingerprint density at radius 3 is 3.00 bits per heavy atom. The fourth-order valence-corrected chi connectivity index (χ4v) is 1.25. The van der Waals surface area contributed by atoms with Crippen molar-refractivity contribution in [3.8, 4) is 0 Å². The predicted molar refractivity (Wildman–Crippen MR) is 47.6 cm³/mol. The Kier molecular flexibility index (Phi) is 4.50. The number of hydrogen-bond acceptors (Lipinski definition) is 3. The fourth-order valence-electron chi connectivity index (χ4n) is 1.25. The van der Waals surface area contributed by atoms with Crippen LogP contribution < -0.4 is 16.0 Å². The van der Waals surface area contributed by atoms with Gasteiger partial charge < -0.3 is 10.6 Å². The molecule has 1 aliphatic heterocycles. The number of piperazine rings is 1. The number of rotatable bonds is 4. The molecule has 0 aliphatic carbocycles. The molecular weight excluding hydrogens is 138 g/mol. The lowest BCUT2D eigenvalue weighted by molar-refractivity contribution is 0.358. The van der Waals surface area contributed by atoms with E-state index in [0.29, 0.717) is 6.17 Å². The van der Waals surface area contributed by atoms with E-state index in [1.807, 2.05) is 0 Å². The summed E-state index contributed by atoms with van der Waals surface area (Å²) >= 11 is 0. The molecule has 0 saturated carbocycles. The molecule has 0 bridgehead atoms. The molecule has 0 radical (unpaired) electrons. The molecule has 1 rings (SSSR count). The SMILES string of the molecule is CCCCNC1CNCCN1. The van der Waals surface area contributed by atoms with Crippen molar-refractivity contribution < 1.29 is 0 Å². The van der Waals surface area contributed by atoms with E-state index in [9.17, 15) is 0 Å². The monoisotopic (exact) mass is 157 g/mol. The standard InChI is InChI=1S/C8H19N3/c1-2-3-4-10-8-7-9-5-6-11-8/h8-11H,2-7H2,1H3. The lowest BCUT2D eigenvalue weighted by Gasteiger charge is -2.25. The average Bonchev–Trinajstić information content (AvgIpc) is 2.07. The third-order valence-corrected chi connectivity index (χ3v) is 1.96. The Labute approximate surface area is 68.9 Å². The van der Waals surface area contributed by atoms with Gasteiger partial charge in [-0.05, 0) is 13.0 Å². The van der Waals surface area contributed by atoms with Crippen molar-refractivity contribution in [3.63, 3.8) is 0 Å². The molecule has 0 amide bonds. The van der Waals surface area contributed by atoms with Crippen LogP contribution in [0.1, 0.15) is 19.8 Å². The van der Waals surface area contributed by atoms with Crippen LogP contribution in [-0.2, 0) is 0 Å². The Morgan fingerprint density at radius 2 is 2.36 bits per heavy atom. The highest BCUT2D eigenvalue weighted by molar-refractivity contribution is 4.72. The minimum absolute atomic E-state index is 0.496. The molecular formula is C8H19N3. The Balaban J connectivity index is 1.96. The van der Waals surface area contributed by atoms with E-state index in [-0.39, 0.29) is 0 Å². The van der Waals surface area contributed by atoms with Crippen LogP contribution in [0.2, 0.25) is 0 Å². The van der Waals surface area contributed by atoms with Crippen LogP contribution in [0.4, 0.5) is 0 Å². The minimum atomic E-state index is 0.496. The van der Waals surface area contributed by atoms with E-state index in [1.54, 1.807) is 0 Å². The lowest BCUT2D eigenvalue weighted by Crippen LogP contribution is -2.55. The maximum Gasteiger partial charge on any atom is 0.0700 e. The second kappa shape index (κ2) is 5.52. The van der Waals surface area contributed by atoms with Crippen molar-refractivity contribution in [2.45, 2.75) is 25.9 Å². The van der Waals surface area contributed by atoms with Crippen molar-refractivity contribution in [1.29, 1.82) is 0 Å². The number of unbranched alkanes of at least 4 members (excludes halogenated alkanes) is 1. The smallest absolute Gasteiger partial charge is 0.0700 e. The van der Waals surface area contributed by atoms with Crippen molar-refractivity contribution in [2.75, 3.05) is 26.2 Å². The molecule has 3 nitrogen and oxygen atoms in total. The largest absolute Gasteiger partial charge is 0.313 e. The fraction of sp³-hybridized carbons (Fsp3) is 1.00. The highest BCUT2D eigenvalue weighted by Gasteiger charge is 2.09. The summed E-state index contributed by atoms with van der Waals surface area (Å²) in [7, 11) is 0. The van der Waals surface area contributed by atoms with Gasteiger partial charge in [-0.3, -0.25) is 5.32 Å². The lowest BCUT2D eigenvalue weighted by atomic mass is 10.3. The van der Waals surface area contributed by atoms with Gasteiger partial charge in [0.15, 0.2) is 0 Å². The molecule has 0 aromatic carbocycles. The zero-order chi connectivity index (χ0) is 7.94. The van der Waals surface area contributed by atoms with E-state index in [2.05, 4.69) is 22.9 Å². The van der Waals surface area contributed by atoms with Crippen molar-refractivity contribution in [3.05, 3.63) is 0 Å². The highest BCUT2D eigenvalue weighted by Crippen LogP contribution is 1.86. The first-order valence-corrected chi connectivity index (χ1v) is 4.61. The highest BCUT2D eigenvalue weighted by atomic mass is 15.2. The van der Waals surface area contributed by atoms with Crippen LogP contribution in [0.25, 0.3) is 0 Å². The van der Waals surface area contributed by atoms with E-state index >= 15 is 0 Å². The second-order valence-corrected chi connectivity index (χ2v) is 3.02. The summed E-state index contributed by atoms with van der Waals surface area (Å²) in [6.07, 6.45) is 3.04. The minimum Gasteiger partial charge on any atom is -0.313 e. The molecule has 3 heteroatoms. The van der Waals surface area contributed by atoms with Crippen LogP contribution in [0.5, 0.6) is 0 Å². The number of nitrogens with one attached hydrogen (secondary N) is 3. The zero-order valence-electron chi connectivity index (χ0n) is 7.32. The molecule has 0 aromatic heterocycles. The van der Waals surface area contributed by atoms with Gasteiger partial charge in [0.05, 0.1) is 6.17 Å². The summed E-state index contributed by atoms with van der Waals surface area (Å²) in [5.41, 5.74) is 0. The van der Waals surface area contributed by atoms with Gasteiger partial charge in [0.1, 0.15) is 0 Å². The molecule has 1 aliphatic rings. The summed E-state index contributed by atoms with van der Waals surface area (Å²) in [6.45, 7) is 6.60. The third kappa shape index (κ3) is 3.70. The molecule has 1 heterocycles. The molecule has 1 atom stereocenters. The van der Waals surface area contributed by atoms with E-state index in [0.717, 1.165) is 26.2 Å². The summed E-state index contributed by atoms with van der Waals surface area (Å²) in [6, 6.07) is 0. The number of hydrogen-bond donors (Lipinski definition) is 3. The molecule has 1 fully saturated rings. The van der Waals surface area contributed by atoms with Gasteiger partial charge in [0.25, 0.3) is 0 Å². The van der Waals surface area contributed by atoms with Crippen LogP contribution >= 0.6 is 0 Å². The predicted octanol–water partition coefficient (Wildman–Crippen LogP) is -0.105. The second-order valence-electron chi connectivity index (χ2n) is 3.02. The first kappa shape index (κ1) is 8.97. The van der Waals surface area contributed by atoms with Crippen LogP contribution in [0.15, 0.2) is 0 Å². The third-order valence-electron chi connectivity index (χ3n) is 1.96. The molecule has 3 N–H and O–H groups in total. The Morgan fingerprint density at radius 1 is 1.45 bits per heavy atom. The Bertz CT molecular complexity index is 89.3. The van der Waals surface area contributed by atoms with Gasteiger partial charge in [0, 0.05) is 19.6 Å². The van der Waals surface area contributed by atoms with Gasteiger partial charge in [-0.1, -0.05) is 13.3 Å². The van der Waals surface area contributed by atoms with Gasteiger partial charge in [-0.2, -0.15) is 0 Å². The molecule has 1 unspecified atom stereocenters.